The van der Waals surface area contributed by atoms with Gasteiger partial charge in [0, 0.05) is 37.3 Å². The average molecular weight is 299 g/mol. The molecule has 0 aliphatic carbocycles. The number of hydrogen-bond donors (Lipinski definition) is 1. The molecule has 1 atom stereocenters. The van der Waals surface area contributed by atoms with E-state index in [0.29, 0.717) is 23.7 Å². The number of rotatable bonds is 4. The van der Waals surface area contributed by atoms with Crippen LogP contribution in [0, 0.1) is 0 Å². The van der Waals surface area contributed by atoms with Crippen molar-refractivity contribution in [1.29, 1.82) is 0 Å². The van der Waals surface area contributed by atoms with E-state index in [1.165, 1.54) is 0 Å². The fraction of sp³-hybridized carbons (Fsp3) is 0.312. The first-order chi connectivity index (χ1) is 10.6. The van der Waals surface area contributed by atoms with Crippen LogP contribution in [0.1, 0.15) is 29.0 Å². The van der Waals surface area contributed by atoms with E-state index in [9.17, 15) is 9.59 Å². The monoisotopic (exact) mass is 299 g/mol. The summed E-state index contributed by atoms with van der Waals surface area (Å²) in [6, 6.07) is 6.79. The molecule has 1 aromatic carbocycles. The average Bonchev–Trinajstić information content (AvgIpc) is 3.18. The highest BCUT2D eigenvalue weighted by Crippen LogP contribution is 2.16. The smallest absolute Gasteiger partial charge is 0.253 e. The Balaban J connectivity index is 1.69. The molecule has 0 radical (unpaired) electrons. The molecule has 114 valence electrons. The SMILES string of the molecule is Cn1ccnc1C(=O)c1ccc(NC(=O)[C@H]2CCCO2)cc1. The molecule has 1 aliphatic rings. The van der Waals surface area contributed by atoms with Crippen molar-refractivity contribution in [2.75, 3.05) is 11.9 Å². The highest BCUT2D eigenvalue weighted by Gasteiger charge is 2.23. The zero-order valence-electron chi connectivity index (χ0n) is 12.3. The number of ketones is 1. The number of hydrogen-bond acceptors (Lipinski definition) is 4. The lowest BCUT2D eigenvalue weighted by Crippen LogP contribution is -2.26. The van der Waals surface area contributed by atoms with Gasteiger partial charge in [0.15, 0.2) is 5.82 Å². The van der Waals surface area contributed by atoms with Gasteiger partial charge in [-0.3, -0.25) is 9.59 Å². The second kappa shape index (κ2) is 6.11. The van der Waals surface area contributed by atoms with Crippen LogP contribution in [0.3, 0.4) is 0 Å². The molecule has 1 N–H and O–H groups in total. The Labute approximate surface area is 128 Å². The number of imidazole rings is 1. The van der Waals surface area contributed by atoms with Crippen molar-refractivity contribution in [2.45, 2.75) is 18.9 Å². The summed E-state index contributed by atoms with van der Waals surface area (Å²) in [5, 5.41) is 2.80. The molecule has 1 amide bonds. The first kappa shape index (κ1) is 14.5. The van der Waals surface area contributed by atoms with Gasteiger partial charge < -0.3 is 14.6 Å². The van der Waals surface area contributed by atoms with Crippen LogP contribution in [0.15, 0.2) is 36.7 Å². The predicted molar refractivity (Wildman–Crippen MR) is 80.7 cm³/mol. The fourth-order valence-electron chi connectivity index (χ4n) is 2.43. The summed E-state index contributed by atoms with van der Waals surface area (Å²) in [4.78, 5) is 28.3. The first-order valence-electron chi connectivity index (χ1n) is 7.20. The molecule has 22 heavy (non-hydrogen) atoms. The van der Waals surface area contributed by atoms with Gasteiger partial charge in [0.1, 0.15) is 6.10 Å². The summed E-state index contributed by atoms with van der Waals surface area (Å²) in [5.41, 5.74) is 1.18. The third-order valence-corrected chi connectivity index (χ3v) is 3.66. The van der Waals surface area contributed by atoms with E-state index in [1.807, 2.05) is 0 Å². The molecular weight excluding hydrogens is 282 g/mol. The molecule has 1 aliphatic heterocycles. The Morgan fingerprint density at radius 2 is 2.09 bits per heavy atom. The van der Waals surface area contributed by atoms with E-state index >= 15 is 0 Å². The number of amides is 1. The molecule has 6 heteroatoms. The minimum absolute atomic E-state index is 0.138. The Morgan fingerprint density at radius 1 is 1.32 bits per heavy atom. The minimum Gasteiger partial charge on any atom is -0.368 e. The van der Waals surface area contributed by atoms with Crippen LogP contribution in [0.2, 0.25) is 0 Å². The van der Waals surface area contributed by atoms with E-state index in [0.717, 1.165) is 12.8 Å². The summed E-state index contributed by atoms with van der Waals surface area (Å²) in [5.74, 6) is 0.0984. The number of nitrogens with one attached hydrogen (secondary N) is 1. The van der Waals surface area contributed by atoms with E-state index in [4.69, 9.17) is 4.74 Å². The molecule has 0 saturated carbocycles. The molecule has 1 saturated heterocycles. The number of aromatic nitrogens is 2. The second-order valence-corrected chi connectivity index (χ2v) is 5.26. The highest BCUT2D eigenvalue weighted by molar-refractivity contribution is 6.07. The Kier molecular flexibility index (Phi) is 4.02. The van der Waals surface area contributed by atoms with Gasteiger partial charge in [0.2, 0.25) is 5.78 Å². The third-order valence-electron chi connectivity index (χ3n) is 3.66. The van der Waals surface area contributed by atoms with Gasteiger partial charge in [-0.15, -0.1) is 0 Å². The van der Waals surface area contributed by atoms with Crippen molar-refractivity contribution in [3.63, 3.8) is 0 Å². The van der Waals surface area contributed by atoms with Gasteiger partial charge in [-0.1, -0.05) is 0 Å². The molecule has 2 heterocycles. The molecule has 0 bridgehead atoms. The van der Waals surface area contributed by atoms with Crippen LogP contribution < -0.4 is 5.32 Å². The Morgan fingerprint density at radius 3 is 2.68 bits per heavy atom. The second-order valence-electron chi connectivity index (χ2n) is 5.26. The van der Waals surface area contributed by atoms with Crippen LogP contribution in [0.4, 0.5) is 5.69 Å². The van der Waals surface area contributed by atoms with Crippen molar-refractivity contribution >= 4 is 17.4 Å². The van der Waals surface area contributed by atoms with E-state index in [2.05, 4.69) is 10.3 Å². The number of aryl methyl sites for hydroxylation is 1. The van der Waals surface area contributed by atoms with E-state index in [-0.39, 0.29) is 17.8 Å². The van der Waals surface area contributed by atoms with Gasteiger partial charge in [-0.25, -0.2) is 4.98 Å². The van der Waals surface area contributed by atoms with E-state index < -0.39 is 0 Å². The van der Waals surface area contributed by atoms with Crippen molar-refractivity contribution in [1.82, 2.24) is 9.55 Å². The maximum Gasteiger partial charge on any atom is 0.253 e. The minimum atomic E-state index is -0.367. The van der Waals surface area contributed by atoms with Crippen LogP contribution in [-0.4, -0.2) is 34.0 Å². The van der Waals surface area contributed by atoms with Gasteiger partial charge >= 0.3 is 0 Å². The van der Waals surface area contributed by atoms with Crippen LogP contribution >= 0.6 is 0 Å². The maximum absolute atomic E-state index is 12.3. The zero-order valence-corrected chi connectivity index (χ0v) is 12.3. The summed E-state index contributed by atoms with van der Waals surface area (Å²) >= 11 is 0. The Bertz CT molecular complexity index is 685. The lowest BCUT2D eigenvalue weighted by atomic mass is 10.1. The van der Waals surface area contributed by atoms with Crippen molar-refractivity contribution in [2.24, 2.45) is 7.05 Å². The number of carbonyl (C=O) groups is 2. The maximum atomic E-state index is 12.3. The van der Waals surface area contributed by atoms with Crippen molar-refractivity contribution in [3.05, 3.63) is 48.0 Å². The number of ether oxygens (including phenoxy) is 1. The van der Waals surface area contributed by atoms with Crippen LogP contribution in [0.25, 0.3) is 0 Å². The lowest BCUT2D eigenvalue weighted by Gasteiger charge is -2.10. The number of anilines is 1. The molecule has 1 aromatic heterocycles. The van der Waals surface area contributed by atoms with Gasteiger partial charge in [0.25, 0.3) is 5.91 Å². The fourth-order valence-corrected chi connectivity index (χ4v) is 2.43. The summed E-state index contributed by atoms with van der Waals surface area (Å²) in [7, 11) is 1.77. The highest BCUT2D eigenvalue weighted by atomic mass is 16.5. The van der Waals surface area contributed by atoms with Gasteiger partial charge in [-0.2, -0.15) is 0 Å². The molecule has 1 fully saturated rings. The molecule has 0 spiro atoms. The zero-order chi connectivity index (χ0) is 15.5. The molecule has 2 aromatic rings. The topological polar surface area (TPSA) is 73.2 Å². The summed E-state index contributed by atoms with van der Waals surface area (Å²) < 4.78 is 7.01. The van der Waals surface area contributed by atoms with Crippen LogP contribution in [0.5, 0.6) is 0 Å². The number of benzene rings is 1. The van der Waals surface area contributed by atoms with Crippen molar-refractivity contribution in [3.8, 4) is 0 Å². The first-order valence-corrected chi connectivity index (χ1v) is 7.20. The molecule has 6 nitrogen and oxygen atoms in total. The lowest BCUT2D eigenvalue weighted by molar-refractivity contribution is -0.124. The molecular formula is C16H17N3O3. The van der Waals surface area contributed by atoms with Gasteiger partial charge in [0.05, 0.1) is 0 Å². The summed E-state index contributed by atoms with van der Waals surface area (Å²) in [6.07, 6.45) is 4.61. The van der Waals surface area contributed by atoms with Crippen LogP contribution in [-0.2, 0) is 16.6 Å². The standard InChI is InChI=1S/C16H17N3O3/c1-19-9-8-17-15(19)14(20)11-4-6-12(7-5-11)18-16(21)13-3-2-10-22-13/h4-9,13H,2-3,10H2,1H3,(H,18,21)/t13-/m1/s1. The number of carbonyl (C=O) groups excluding carboxylic acids is 2. The predicted octanol–water partition coefficient (Wildman–Crippen LogP) is 1.77. The molecule has 3 rings (SSSR count). The molecule has 0 unspecified atom stereocenters. The van der Waals surface area contributed by atoms with E-state index in [1.54, 1.807) is 48.3 Å². The summed E-state index contributed by atoms with van der Waals surface area (Å²) in [6.45, 7) is 0.634. The third kappa shape index (κ3) is 2.92. The number of nitrogens with zero attached hydrogens (tertiary/aromatic N) is 2. The normalized spacial score (nSPS) is 17.4. The van der Waals surface area contributed by atoms with Crippen molar-refractivity contribution < 1.29 is 14.3 Å². The largest absolute Gasteiger partial charge is 0.368 e. The Hall–Kier alpha value is -2.47. The van der Waals surface area contributed by atoms with Gasteiger partial charge in [-0.05, 0) is 37.1 Å². The quantitative estimate of drug-likeness (QED) is 0.873.